The second kappa shape index (κ2) is 9.46. The maximum atomic E-state index is 12.8. The molecule has 0 unspecified atom stereocenters. The Hall–Kier alpha value is -1.67. The standard InChI is InChI=1S/C15H25FN4O2S/c1-4-23(21,22)20(3)11-5-10-18-15(17-2)19-12-13-6-8-14(16)9-7-13/h6-9H,4-5,10-12H2,1-3H3,(H2,17,18,19). The molecule has 0 aliphatic carbocycles. The predicted octanol–water partition coefficient (Wildman–Crippen LogP) is 1.16. The van der Waals surface area contributed by atoms with Crippen LogP contribution in [0.4, 0.5) is 4.39 Å². The van der Waals surface area contributed by atoms with Gasteiger partial charge in [0.25, 0.3) is 0 Å². The molecule has 1 aromatic carbocycles. The SMILES string of the molecule is CCS(=O)(=O)N(C)CCCNC(=NC)NCc1ccc(F)cc1. The fraction of sp³-hybridized carbons (Fsp3) is 0.533. The lowest BCUT2D eigenvalue weighted by Gasteiger charge is -2.16. The van der Waals surface area contributed by atoms with Gasteiger partial charge in [0.15, 0.2) is 5.96 Å². The van der Waals surface area contributed by atoms with Crippen molar-refractivity contribution in [1.29, 1.82) is 0 Å². The van der Waals surface area contributed by atoms with Gasteiger partial charge in [0.1, 0.15) is 5.82 Å². The van der Waals surface area contributed by atoms with E-state index in [1.54, 1.807) is 33.2 Å². The summed E-state index contributed by atoms with van der Waals surface area (Å²) in [6, 6.07) is 6.24. The molecule has 0 spiro atoms. The highest BCUT2D eigenvalue weighted by molar-refractivity contribution is 7.89. The minimum atomic E-state index is -3.13. The number of nitrogens with zero attached hydrogens (tertiary/aromatic N) is 2. The molecule has 8 heteroatoms. The molecule has 1 aromatic rings. The zero-order valence-electron chi connectivity index (χ0n) is 13.8. The van der Waals surface area contributed by atoms with E-state index < -0.39 is 10.0 Å². The topological polar surface area (TPSA) is 73.8 Å². The number of rotatable bonds is 8. The van der Waals surface area contributed by atoms with E-state index in [9.17, 15) is 12.8 Å². The molecule has 0 atom stereocenters. The average Bonchev–Trinajstić information content (AvgIpc) is 2.55. The van der Waals surface area contributed by atoms with E-state index in [1.807, 2.05) is 0 Å². The Kier molecular flexibility index (Phi) is 7.97. The maximum absolute atomic E-state index is 12.8. The smallest absolute Gasteiger partial charge is 0.213 e. The molecule has 0 aliphatic rings. The number of hydrogen-bond donors (Lipinski definition) is 2. The molecule has 0 heterocycles. The quantitative estimate of drug-likeness (QED) is 0.422. The Morgan fingerprint density at radius 1 is 1.26 bits per heavy atom. The number of guanidine groups is 1. The van der Waals surface area contributed by atoms with Crippen molar-refractivity contribution in [3.05, 3.63) is 35.6 Å². The van der Waals surface area contributed by atoms with Gasteiger partial charge in [-0.2, -0.15) is 0 Å². The summed E-state index contributed by atoms with van der Waals surface area (Å²) in [7, 11) is 0.119. The van der Waals surface area contributed by atoms with Crippen LogP contribution in [-0.4, -0.2) is 51.6 Å². The molecule has 1 rings (SSSR count). The normalized spacial score (nSPS) is 12.5. The van der Waals surface area contributed by atoms with E-state index in [0.29, 0.717) is 32.0 Å². The van der Waals surface area contributed by atoms with Gasteiger partial charge in [0.2, 0.25) is 10.0 Å². The zero-order valence-corrected chi connectivity index (χ0v) is 14.7. The van der Waals surface area contributed by atoms with Crippen LogP contribution in [0.5, 0.6) is 0 Å². The van der Waals surface area contributed by atoms with E-state index in [1.165, 1.54) is 16.4 Å². The molecule has 0 saturated heterocycles. The number of sulfonamides is 1. The van der Waals surface area contributed by atoms with Crippen molar-refractivity contribution in [2.75, 3.05) is 32.9 Å². The van der Waals surface area contributed by atoms with E-state index in [4.69, 9.17) is 0 Å². The van der Waals surface area contributed by atoms with Crippen LogP contribution in [0.15, 0.2) is 29.3 Å². The van der Waals surface area contributed by atoms with E-state index in [2.05, 4.69) is 15.6 Å². The third kappa shape index (κ3) is 6.96. The monoisotopic (exact) mass is 344 g/mol. The Morgan fingerprint density at radius 3 is 2.48 bits per heavy atom. The van der Waals surface area contributed by atoms with E-state index in [0.717, 1.165) is 5.56 Å². The van der Waals surface area contributed by atoms with Gasteiger partial charge in [-0.25, -0.2) is 17.1 Å². The molecule has 0 bridgehead atoms. The van der Waals surface area contributed by atoms with E-state index >= 15 is 0 Å². The van der Waals surface area contributed by atoms with Crippen molar-refractivity contribution in [1.82, 2.24) is 14.9 Å². The summed E-state index contributed by atoms with van der Waals surface area (Å²) in [5.74, 6) is 0.468. The van der Waals surface area contributed by atoms with Crippen LogP contribution in [0, 0.1) is 5.82 Å². The first-order valence-corrected chi connectivity index (χ1v) is 9.13. The van der Waals surface area contributed by atoms with Crippen LogP contribution in [-0.2, 0) is 16.6 Å². The van der Waals surface area contributed by atoms with Crippen molar-refractivity contribution in [3.63, 3.8) is 0 Å². The molecule has 23 heavy (non-hydrogen) atoms. The first kappa shape index (κ1) is 19.4. The third-order valence-electron chi connectivity index (χ3n) is 3.38. The Labute approximate surface area is 137 Å². The molecule has 0 radical (unpaired) electrons. The first-order valence-electron chi connectivity index (χ1n) is 7.52. The highest BCUT2D eigenvalue weighted by Gasteiger charge is 2.13. The maximum Gasteiger partial charge on any atom is 0.213 e. The Bertz CT molecular complexity index is 602. The Morgan fingerprint density at radius 2 is 1.91 bits per heavy atom. The summed E-state index contributed by atoms with van der Waals surface area (Å²) in [6.07, 6.45) is 0.674. The molecule has 2 N–H and O–H groups in total. The van der Waals surface area contributed by atoms with Crippen LogP contribution in [0.25, 0.3) is 0 Å². The molecular formula is C15H25FN4O2S. The van der Waals surface area contributed by atoms with Gasteiger partial charge in [0, 0.05) is 33.7 Å². The number of halogens is 1. The fourth-order valence-electron chi connectivity index (χ4n) is 1.88. The largest absolute Gasteiger partial charge is 0.356 e. The molecule has 0 aliphatic heterocycles. The molecule has 0 amide bonds. The Balaban J connectivity index is 2.31. The van der Waals surface area contributed by atoms with Crippen LogP contribution in [0.2, 0.25) is 0 Å². The summed E-state index contributed by atoms with van der Waals surface area (Å²) >= 11 is 0. The first-order chi connectivity index (χ1) is 10.9. The molecule has 0 aromatic heterocycles. The minimum Gasteiger partial charge on any atom is -0.356 e. The lowest BCUT2D eigenvalue weighted by molar-refractivity contribution is 0.461. The predicted molar refractivity (Wildman–Crippen MR) is 91.3 cm³/mol. The van der Waals surface area contributed by atoms with Crippen LogP contribution in [0.1, 0.15) is 18.9 Å². The lowest BCUT2D eigenvalue weighted by atomic mass is 10.2. The molecule has 0 fully saturated rings. The van der Waals surface area contributed by atoms with E-state index in [-0.39, 0.29) is 11.6 Å². The number of hydrogen-bond acceptors (Lipinski definition) is 3. The summed E-state index contributed by atoms with van der Waals surface area (Å²) in [5, 5.41) is 6.24. The number of aliphatic imine (C=N–C) groups is 1. The lowest BCUT2D eigenvalue weighted by Crippen LogP contribution is -2.38. The highest BCUT2D eigenvalue weighted by Crippen LogP contribution is 2.02. The van der Waals surface area contributed by atoms with Gasteiger partial charge in [-0.05, 0) is 31.0 Å². The van der Waals surface area contributed by atoms with Crippen molar-refractivity contribution in [2.45, 2.75) is 19.9 Å². The van der Waals surface area contributed by atoms with Crippen molar-refractivity contribution < 1.29 is 12.8 Å². The van der Waals surface area contributed by atoms with Crippen LogP contribution in [0.3, 0.4) is 0 Å². The van der Waals surface area contributed by atoms with Crippen LogP contribution < -0.4 is 10.6 Å². The molecular weight excluding hydrogens is 319 g/mol. The second-order valence-corrected chi connectivity index (χ2v) is 7.42. The van der Waals surface area contributed by atoms with Gasteiger partial charge >= 0.3 is 0 Å². The summed E-state index contributed by atoms with van der Waals surface area (Å²) in [5.41, 5.74) is 0.947. The summed E-state index contributed by atoms with van der Waals surface area (Å²) < 4.78 is 37.4. The second-order valence-electron chi connectivity index (χ2n) is 5.05. The third-order valence-corrected chi connectivity index (χ3v) is 5.24. The molecule has 0 saturated carbocycles. The summed E-state index contributed by atoms with van der Waals surface area (Å²) in [6.45, 7) is 3.22. The van der Waals surface area contributed by atoms with Gasteiger partial charge < -0.3 is 10.6 Å². The average molecular weight is 344 g/mol. The minimum absolute atomic E-state index is 0.109. The molecule has 130 valence electrons. The zero-order chi connectivity index (χ0) is 17.3. The van der Waals surface area contributed by atoms with Crippen molar-refractivity contribution in [3.8, 4) is 0 Å². The molecule has 6 nitrogen and oxygen atoms in total. The number of nitrogens with one attached hydrogen (secondary N) is 2. The van der Waals surface area contributed by atoms with Gasteiger partial charge in [-0.1, -0.05) is 12.1 Å². The van der Waals surface area contributed by atoms with Crippen molar-refractivity contribution >= 4 is 16.0 Å². The van der Waals surface area contributed by atoms with Gasteiger partial charge in [-0.3, -0.25) is 4.99 Å². The fourth-order valence-corrected chi connectivity index (χ4v) is 2.72. The number of benzene rings is 1. The van der Waals surface area contributed by atoms with Crippen molar-refractivity contribution in [2.24, 2.45) is 4.99 Å². The van der Waals surface area contributed by atoms with Crippen LogP contribution >= 0.6 is 0 Å². The van der Waals surface area contributed by atoms with Gasteiger partial charge in [0.05, 0.1) is 5.75 Å². The summed E-state index contributed by atoms with van der Waals surface area (Å²) in [4.78, 5) is 4.09. The highest BCUT2D eigenvalue weighted by atomic mass is 32.2. The van der Waals surface area contributed by atoms with Gasteiger partial charge in [-0.15, -0.1) is 0 Å².